The van der Waals surface area contributed by atoms with Gasteiger partial charge in [0.1, 0.15) is 5.82 Å². The molecule has 1 N–H and O–H groups in total. The van der Waals surface area contributed by atoms with Crippen molar-refractivity contribution in [3.05, 3.63) is 51.0 Å². The summed E-state index contributed by atoms with van der Waals surface area (Å²) in [6.07, 6.45) is 2.37. The molecule has 3 heteroatoms. The molecule has 0 bridgehead atoms. The lowest BCUT2D eigenvalue weighted by atomic mass is 9.92. The molecule has 0 radical (unpaired) electrons. The number of rotatable bonds is 5. The second-order valence-corrected chi connectivity index (χ2v) is 8.70. The maximum Gasteiger partial charge on any atom is 0.148 e. The van der Waals surface area contributed by atoms with Crippen LogP contribution in [0.15, 0.2) is 18.2 Å². The van der Waals surface area contributed by atoms with Crippen LogP contribution in [0.5, 0.6) is 0 Å². The summed E-state index contributed by atoms with van der Waals surface area (Å²) >= 11 is 1.88. The van der Waals surface area contributed by atoms with E-state index in [1.807, 2.05) is 11.3 Å². The van der Waals surface area contributed by atoms with Gasteiger partial charge in [-0.2, -0.15) is 0 Å². The monoisotopic (exact) mass is 366 g/mol. The average Bonchev–Trinajstić information content (AvgIpc) is 2.89. The Morgan fingerprint density at radius 3 is 2.15 bits per heavy atom. The van der Waals surface area contributed by atoms with Crippen molar-refractivity contribution in [3.8, 4) is 0 Å². The molecular formula is C23H30N2S. The van der Waals surface area contributed by atoms with E-state index in [1.165, 1.54) is 55.7 Å². The third-order valence-corrected chi connectivity index (χ3v) is 6.48. The highest BCUT2D eigenvalue weighted by molar-refractivity contribution is 7.19. The minimum Gasteiger partial charge on any atom is -0.339 e. The molecule has 26 heavy (non-hydrogen) atoms. The lowest BCUT2D eigenvalue weighted by Gasteiger charge is -2.16. The van der Waals surface area contributed by atoms with E-state index in [2.05, 4.69) is 72.0 Å². The molecule has 1 aromatic carbocycles. The molecule has 0 aliphatic carbocycles. The number of nitrogens with zero attached hydrogens (tertiary/aromatic N) is 1. The number of pyridine rings is 1. The molecule has 3 aromatic rings. The van der Waals surface area contributed by atoms with E-state index in [0.29, 0.717) is 5.92 Å². The number of aryl methyl sites for hydroxylation is 5. The van der Waals surface area contributed by atoms with Crippen molar-refractivity contribution in [2.75, 3.05) is 5.32 Å². The van der Waals surface area contributed by atoms with Crippen molar-refractivity contribution in [3.63, 3.8) is 0 Å². The van der Waals surface area contributed by atoms with E-state index in [0.717, 1.165) is 11.5 Å². The predicted octanol–water partition coefficient (Wildman–Crippen LogP) is 7.49. The van der Waals surface area contributed by atoms with Gasteiger partial charge in [-0.25, -0.2) is 4.98 Å². The second-order valence-electron chi connectivity index (χ2n) is 7.47. The van der Waals surface area contributed by atoms with E-state index in [4.69, 9.17) is 4.98 Å². The van der Waals surface area contributed by atoms with E-state index in [1.54, 1.807) is 0 Å². The molecule has 0 aliphatic rings. The van der Waals surface area contributed by atoms with Gasteiger partial charge in [0, 0.05) is 21.6 Å². The van der Waals surface area contributed by atoms with E-state index in [-0.39, 0.29) is 0 Å². The smallest absolute Gasteiger partial charge is 0.148 e. The number of hydrogen-bond acceptors (Lipinski definition) is 3. The Hall–Kier alpha value is -1.87. The zero-order valence-corrected chi connectivity index (χ0v) is 17.9. The molecule has 0 aliphatic heterocycles. The summed E-state index contributed by atoms with van der Waals surface area (Å²) < 4.78 is 1.29. The first kappa shape index (κ1) is 18.9. The topological polar surface area (TPSA) is 24.9 Å². The maximum atomic E-state index is 4.87. The number of anilines is 2. The zero-order valence-electron chi connectivity index (χ0n) is 17.1. The second kappa shape index (κ2) is 7.40. The number of aromatic nitrogens is 1. The molecule has 0 amide bonds. The van der Waals surface area contributed by atoms with Crippen LogP contribution >= 0.6 is 11.3 Å². The Morgan fingerprint density at radius 1 is 0.962 bits per heavy atom. The summed E-state index contributed by atoms with van der Waals surface area (Å²) in [6, 6.07) is 6.74. The fourth-order valence-electron chi connectivity index (χ4n) is 4.15. The van der Waals surface area contributed by atoms with Crippen molar-refractivity contribution in [2.45, 2.75) is 67.2 Å². The molecule has 138 valence electrons. The highest BCUT2D eigenvalue weighted by Gasteiger charge is 2.20. The molecule has 0 fully saturated rings. The molecule has 0 spiro atoms. The summed E-state index contributed by atoms with van der Waals surface area (Å²) in [5.41, 5.74) is 7.63. The third-order valence-electron chi connectivity index (χ3n) is 5.34. The van der Waals surface area contributed by atoms with E-state index in [9.17, 15) is 0 Å². The van der Waals surface area contributed by atoms with Crippen molar-refractivity contribution in [2.24, 2.45) is 0 Å². The number of thiophene rings is 1. The van der Waals surface area contributed by atoms with Crippen LogP contribution in [0.2, 0.25) is 0 Å². The zero-order chi connectivity index (χ0) is 19.0. The number of hydrogen-bond donors (Lipinski definition) is 1. The summed E-state index contributed by atoms with van der Waals surface area (Å²) in [4.78, 5) is 6.30. The summed E-state index contributed by atoms with van der Waals surface area (Å²) in [7, 11) is 0. The lowest BCUT2D eigenvalue weighted by Crippen LogP contribution is -2.01. The first-order valence-corrected chi connectivity index (χ1v) is 10.4. The van der Waals surface area contributed by atoms with Gasteiger partial charge in [0.15, 0.2) is 0 Å². The van der Waals surface area contributed by atoms with Crippen LogP contribution in [0.25, 0.3) is 10.1 Å². The van der Waals surface area contributed by atoms with Gasteiger partial charge in [0.2, 0.25) is 0 Å². The highest BCUT2D eigenvalue weighted by atomic mass is 32.1. The summed E-state index contributed by atoms with van der Waals surface area (Å²) in [5.74, 6) is 1.63. The largest absolute Gasteiger partial charge is 0.339 e. The molecule has 0 unspecified atom stereocenters. The van der Waals surface area contributed by atoms with Crippen molar-refractivity contribution >= 4 is 32.9 Å². The van der Waals surface area contributed by atoms with Crippen LogP contribution in [-0.2, 0) is 0 Å². The normalized spacial score (nSPS) is 11.5. The Morgan fingerprint density at radius 2 is 1.58 bits per heavy atom. The van der Waals surface area contributed by atoms with Crippen LogP contribution in [-0.4, -0.2) is 4.98 Å². The Balaban J connectivity index is 2.18. The van der Waals surface area contributed by atoms with E-state index >= 15 is 0 Å². The molecule has 0 atom stereocenters. The quantitative estimate of drug-likeness (QED) is 0.506. The minimum atomic E-state index is 0.626. The molecule has 0 saturated heterocycles. The van der Waals surface area contributed by atoms with Crippen LogP contribution in [0.3, 0.4) is 0 Å². The first-order chi connectivity index (χ1) is 12.3. The Bertz CT molecular complexity index is 925. The average molecular weight is 367 g/mol. The summed E-state index contributed by atoms with van der Waals surface area (Å²) in [6.45, 7) is 15.4. The van der Waals surface area contributed by atoms with Gasteiger partial charge in [-0.15, -0.1) is 11.3 Å². The van der Waals surface area contributed by atoms with Gasteiger partial charge < -0.3 is 5.32 Å². The fourth-order valence-corrected chi connectivity index (χ4v) is 5.31. The van der Waals surface area contributed by atoms with Gasteiger partial charge in [-0.3, -0.25) is 0 Å². The van der Waals surface area contributed by atoms with Gasteiger partial charge in [-0.05, 0) is 76.1 Å². The maximum absolute atomic E-state index is 4.87. The minimum absolute atomic E-state index is 0.626. The molecule has 2 aromatic heterocycles. The first-order valence-electron chi connectivity index (χ1n) is 9.61. The van der Waals surface area contributed by atoms with Crippen molar-refractivity contribution < 1.29 is 0 Å². The number of benzene rings is 1. The van der Waals surface area contributed by atoms with Crippen LogP contribution in [0, 0.1) is 34.6 Å². The standard InChI is InChI=1S/C23H30N2S/c1-8-18(9-2)20-17(7)26-22-19(20)12-16(6)24-23(22)25-21-14(4)10-13(3)11-15(21)5/h10-12,18H,8-9H2,1-7H3,(H,24,25). The Kier molecular flexibility index (Phi) is 5.38. The van der Waals surface area contributed by atoms with Crippen molar-refractivity contribution in [1.29, 1.82) is 0 Å². The number of nitrogens with one attached hydrogen (secondary N) is 1. The van der Waals surface area contributed by atoms with E-state index < -0.39 is 0 Å². The highest BCUT2D eigenvalue weighted by Crippen LogP contribution is 2.42. The molecular weight excluding hydrogens is 336 g/mol. The van der Waals surface area contributed by atoms with Crippen LogP contribution in [0.4, 0.5) is 11.5 Å². The van der Waals surface area contributed by atoms with Crippen LogP contribution in [0.1, 0.15) is 65.4 Å². The van der Waals surface area contributed by atoms with Gasteiger partial charge in [0.25, 0.3) is 0 Å². The Labute approximate surface area is 161 Å². The van der Waals surface area contributed by atoms with Gasteiger partial charge in [-0.1, -0.05) is 31.5 Å². The van der Waals surface area contributed by atoms with Crippen LogP contribution < -0.4 is 5.32 Å². The molecule has 2 nitrogen and oxygen atoms in total. The van der Waals surface area contributed by atoms with Gasteiger partial charge >= 0.3 is 0 Å². The predicted molar refractivity (Wildman–Crippen MR) is 116 cm³/mol. The molecule has 2 heterocycles. The van der Waals surface area contributed by atoms with Gasteiger partial charge in [0.05, 0.1) is 4.70 Å². The molecule has 3 rings (SSSR count). The third kappa shape index (κ3) is 3.37. The summed E-state index contributed by atoms with van der Waals surface area (Å²) in [5, 5.41) is 5.05. The number of fused-ring (bicyclic) bond motifs is 1. The molecule has 0 saturated carbocycles. The van der Waals surface area contributed by atoms with Crippen molar-refractivity contribution in [1.82, 2.24) is 4.98 Å². The fraction of sp³-hybridized carbons (Fsp3) is 0.435. The SMILES string of the molecule is CCC(CC)c1c(C)sc2c(Nc3c(C)cc(C)cc3C)nc(C)cc12. The lowest BCUT2D eigenvalue weighted by molar-refractivity contribution is 0.645.